The van der Waals surface area contributed by atoms with Gasteiger partial charge in [0.25, 0.3) is 0 Å². The van der Waals surface area contributed by atoms with Crippen LogP contribution in [0.1, 0.15) is 54.7 Å². The fourth-order valence-electron chi connectivity index (χ4n) is 3.64. The first-order valence-corrected chi connectivity index (χ1v) is 9.71. The van der Waals surface area contributed by atoms with Crippen molar-refractivity contribution in [1.29, 1.82) is 0 Å². The van der Waals surface area contributed by atoms with Gasteiger partial charge in [-0.1, -0.05) is 98.1 Å². The van der Waals surface area contributed by atoms with Crippen molar-refractivity contribution in [2.24, 2.45) is 0 Å². The Bertz CT molecular complexity index is 725. The summed E-state index contributed by atoms with van der Waals surface area (Å²) in [5.74, 6) is 0.913. The van der Waals surface area contributed by atoms with E-state index in [1.807, 2.05) is 18.2 Å². The maximum Gasteiger partial charge on any atom is 0.118 e. The molecule has 0 heterocycles. The molecule has 0 atom stereocenters. The molecule has 0 saturated heterocycles. The van der Waals surface area contributed by atoms with Gasteiger partial charge in [0.1, 0.15) is 5.75 Å². The van der Waals surface area contributed by atoms with Crippen molar-refractivity contribution in [1.82, 2.24) is 0 Å². The zero-order valence-corrected chi connectivity index (χ0v) is 15.4. The van der Waals surface area contributed by atoms with E-state index in [-0.39, 0.29) is 0 Å². The van der Waals surface area contributed by atoms with Crippen LogP contribution < -0.4 is 0 Å². The first-order chi connectivity index (χ1) is 12.8. The zero-order valence-electron chi connectivity index (χ0n) is 15.4. The molecule has 1 N–H and O–H groups in total. The molecule has 1 nitrogen and oxygen atoms in total. The van der Waals surface area contributed by atoms with Gasteiger partial charge in [0, 0.05) is 5.92 Å². The van der Waals surface area contributed by atoms with Gasteiger partial charge in [-0.2, -0.15) is 0 Å². The minimum Gasteiger partial charge on any atom is -0.508 e. The SMILES string of the molecule is Oc1ccccc1CCCCCCC(c1ccccc1)c1ccccc1. The summed E-state index contributed by atoms with van der Waals surface area (Å²) in [6.07, 6.45) is 6.97. The lowest BCUT2D eigenvalue weighted by Crippen LogP contribution is -2.01. The van der Waals surface area contributed by atoms with Crippen molar-refractivity contribution in [2.75, 3.05) is 0 Å². The average molecular weight is 344 g/mol. The molecule has 3 aromatic rings. The number of hydrogen-bond acceptors (Lipinski definition) is 1. The lowest BCUT2D eigenvalue weighted by Gasteiger charge is -2.18. The van der Waals surface area contributed by atoms with Gasteiger partial charge >= 0.3 is 0 Å². The summed E-state index contributed by atoms with van der Waals surface area (Å²) < 4.78 is 0. The molecule has 0 aliphatic carbocycles. The second-order valence-corrected chi connectivity index (χ2v) is 6.96. The fraction of sp³-hybridized carbons (Fsp3) is 0.280. The summed E-state index contributed by atoms with van der Waals surface area (Å²) in [5, 5.41) is 9.84. The van der Waals surface area contributed by atoms with Gasteiger partial charge < -0.3 is 5.11 Å². The van der Waals surface area contributed by atoms with E-state index in [9.17, 15) is 5.11 Å². The standard InChI is InChI=1S/C25H28O/c26-25-20-12-11-18-23(25)17-5-1-2-10-19-24(21-13-6-3-7-14-21)22-15-8-4-9-16-22/h3-4,6-9,11-16,18,20,24,26H,1-2,5,10,17,19H2. The number of para-hydroxylation sites is 1. The average Bonchev–Trinajstić information content (AvgIpc) is 2.70. The van der Waals surface area contributed by atoms with Gasteiger partial charge in [-0.15, -0.1) is 0 Å². The van der Waals surface area contributed by atoms with Gasteiger partial charge in [-0.25, -0.2) is 0 Å². The van der Waals surface area contributed by atoms with E-state index in [1.165, 1.54) is 36.8 Å². The Balaban J connectivity index is 1.49. The lowest BCUT2D eigenvalue weighted by molar-refractivity contribution is 0.466. The molecule has 3 aromatic carbocycles. The molecular weight excluding hydrogens is 316 g/mol. The van der Waals surface area contributed by atoms with Crippen molar-refractivity contribution in [2.45, 2.75) is 44.4 Å². The Morgan fingerprint density at radius 2 is 1.12 bits per heavy atom. The molecular formula is C25H28O. The highest BCUT2D eigenvalue weighted by Gasteiger charge is 2.13. The molecule has 0 unspecified atom stereocenters. The van der Waals surface area contributed by atoms with E-state index in [1.54, 1.807) is 6.07 Å². The number of aromatic hydroxyl groups is 1. The van der Waals surface area contributed by atoms with Crippen molar-refractivity contribution < 1.29 is 5.11 Å². The Morgan fingerprint density at radius 3 is 1.73 bits per heavy atom. The Labute approximate surface area is 157 Å². The van der Waals surface area contributed by atoms with Crippen LogP contribution in [0.25, 0.3) is 0 Å². The minimum absolute atomic E-state index is 0.431. The van der Waals surface area contributed by atoms with Crippen LogP contribution in [0, 0.1) is 0 Å². The maximum absolute atomic E-state index is 9.84. The van der Waals surface area contributed by atoms with Crippen LogP contribution in [0.3, 0.4) is 0 Å². The van der Waals surface area contributed by atoms with E-state index in [2.05, 4.69) is 60.7 Å². The largest absolute Gasteiger partial charge is 0.508 e. The number of phenols is 1. The van der Waals surface area contributed by atoms with Gasteiger partial charge in [0.05, 0.1) is 0 Å². The monoisotopic (exact) mass is 344 g/mol. The number of rotatable bonds is 9. The summed E-state index contributed by atoms with van der Waals surface area (Å²) in [7, 11) is 0. The van der Waals surface area contributed by atoms with Gasteiger partial charge in [-0.3, -0.25) is 0 Å². The Hall–Kier alpha value is -2.54. The summed E-state index contributed by atoms with van der Waals surface area (Å²) in [6.45, 7) is 0. The zero-order chi connectivity index (χ0) is 18.0. The summed E-state index contributed by atoms with van der Waals surface area (Å²) >= 11 is 0. The molecule has 0 radical (unpaired) electrons. The second kappa shape index (κ2) is 9.82. The number of benzene rings is 3. The van der Waals surface area contributed by atoms with Crippen molar-refractivity contribution >= 4 is 0 Å². The third-order valence-corrected chi connectivity index (χ3v) is 5.08. The van der Waals surface area contributed by atoms with E-state index >= 15 is 0 Å². The van der Waals surface area contributed by atoms with Crippen LogP contribution in [0.5, 0.6) is 5.75 Å². The lowest BCUT2D eigenvalue weighted by atomic mass is 9.87. The summed E-state index contributed by atoms with van der Waals surface area (Å²) in [6, 6.07) is 29.4. The highest BCUT2D eigenvalue weighted by atomic mass is 16.3. The first kappa shape index (κ1) is 18.3. The molecule has 0 fully saturated rings. The quantitative estimate of drug-likeness (QED) is 0.427. The third-order valence-electron chi connectivity index (χ3n) is 5.08. The molecule has 0 aliphatic heterocycles. The van der Waals surface area contributed by atoms with Crippen LogP contribution >= 0.6 is 0 Å². The van der Waals surface area contributed by atoms with E-state index < -0.39 is 0 Å². The Kier molecular flexibility index (Phi) is 6.89. The third kappa shape index (κ3) is 5.23. The fourth-order valence-corrected chi connectivity index (χ4v) is 3.64. The Morgan fingerprint density at radius 1 is 0.577 bits per heavy atom. The van der Waals surface area contributed by atoms with Crippen LogP contribution in [0.15, 0.2) is 84.9 Å². The number of hydrogen-bond donors (Lipinski definition) is 1. The highest BCUT2D eigenvalue weighted by molar-refractivity contribution is 5.32. The molecule has 134 valence electrons. The van der Waals surface area contributed by atoms with Gasteiger partial charge in [0.15, 0.2) is 0 Å². The van der Waals surface area contributed by atoms with Crippen molar-refractivity contribution in [3.05, 3.63) is 102 Å². The summed E-state index contributed by atoms with van der Waals surface area (Å²) in [5.41, 5.74) is 3.89. The van der Waals surface area contributed by atoms with Gasteiger partial charge in [0.2, 0.25) is 0 Å². The molecule has 1 heteroatoms. The predicted octanol–water partition coefficient (Wildman–Crippen LogP) is 6.72. The first-order valence-electron chi connectivity index (χ1n) is 9.71. The number of unbranched alkanes of at least 4 members (excludes halogenated alkanes) is 3. The summed E-state index contributed by atoms with van der Waals surface area (Å²) in [4.78, 5) is 0. The van der Waals surface area contributed by atoms with Crippen LogP contribution in [-0.4, -0.2) is 5.11 Å². The van der Waals surface area contributed by atoms with Gasteiger partial charge in [-0.05, 0) is 42.0 Å². The minimum atomic E-state index is 0.431. The highest BCUT2D eigenvalue weighted by Crippen LogP contribution is 2.30. The van der Waals surface area contributed by atoms with Crippen LogP contribution in [-0.2, 0) is 6.42 Å². The number of aryl methyl sites for hydroxylation is 1. The van der Waals surface area contributed by atoms with E-state index in [0.717, 1.165) is 18.4 Å². The van der Waals surface area contributed by atoms with E-state index in [4.69, 9.17) is 0 Å². The smallest absolute Gasteiger partial charge is 0.118 e. The maximum atomic E-state index is 9.84. The van der Waals surface area contributed by atoms with Crippen LogP contribution in [0.4, 0.5) is 0 Å². The molecule has 26 heavy (non-hydrogen) atoms. The van der Waals surface area contributed by atoms with Crippen molar-refractivity contribution in [3.8, 4) is 5.75 Å². The molecule has 3 rings (SSSR count). The molecule has 0 spiro atoms. The topological polar surface area (TPSA) is 20.2 Å². The normalized spacial score (nSPS) is 11.0. The van der Waals surface area contributed by atoms with Crippen LogP contribution in [0.2, 0.25) is 0 Å². The molecule has 0 amide bonds. The molecule has 0 aromatic heterocycles. The van der Waals surface area contributed by atoms with E-state index in [0.29, 0.717) is 11.7 Å². The molecule has 0 bridgehead atoms. The second-order valence-electron chi connectivity index (χ2n) is 6.96. The molecule has 0 saturated carbocycles. The number of phenolic OH excluding ortho intramolecular Hbond substituents is 1. The van der Waals surface area contributed by atoms with Crippen molar-refractivity contribution in [3.63, 3.8) is 0 Å². The molecule has 0 aliphatic rings. The predicted molar refractivity (Wildman–Crippen MR) is 110 cm³/mol.